The highest BCUT2D eigenvalue weighted by Crippen LogP contribution is 2.41. The predicted octanol–water partition coefficient (Wildman–Crippen LogP) is 3.67. The summed E-state index contributed by atoms with van der Waals surface area (Å²) in [6, 6.07) is 6.38. The summed E-state index contributed by atoms with van der Waals surface area (Å²) < 4.78 is 81.4. The number of anilines is 1. The van der Waals surface area contributed by atoms with Gasteiger partial charge in [-0.25, -0.2) is 31.0 Å². The fourth-order valence-corrected chi connectivity index (χ4v) is 3.81. The molecule has 1 aromatic heterocycles. The minimum Gasteiger partial charge on any atom is -0.364 e. The van der Waals surface area contributed by atoms with Crippen molar-refractivity contribution in [3.05, 3.63) is 47.7 Å². The van der Waals surface area contributed by atoms with Crippen LogP contribution in [0, 0.1) is 0 Å². The van der Waals surface area contributed by atoms with E-state index in [2.05, 4.69) is 15.5 Å². The molecule has 0 spiro atoms. The minimum absolute atomic E-state index is 0.0810. The molecule has 2 N–H and O–H groups in total. The van der Waals surface area contributed by atoms with Crippen molar-refractivity contribution in [1.29, 1.82) is 0 Å². The van der Waals surface area contributed by atoms with Crippen molar-refractivity contribution in [2.75, 3.05) is 5.32 Å². The van der Waals surface area contributed by atoms with Crippen molar-refractivity contribution in [1.82, 2.24) is 14.8 Å². The van der Waals surface area contributed by atoms with Crippen molar-refractivity contribution in [2.45, 2.75) is 49.9 Å². The fraction of sp³-hybridized carbons (Fsp3) is 0.421. The van der Waals surface area contributed by atoms with Gasteiger partial charge >= 0.3 is 0 Å². The summed E-state index contributed by atoms with van der Waals surface area (Å²) in [7, 11) is 0. The monoisotopic (exact) mass is 461 g/mol. The number of amides is 1. The molecule has 2 aliphatic rings. The summed E-state index contributed by atoms with van der Waals surface area (Å²) in [4.78, 5) is 13.0. The first-order valence-corrected chi connectivity index (χ1v) is 9.51. The number of hydrogen-bond donors (Lipinski definition) is 2. The Kier molecular flexibility index (Phi) is 5.61. The normalized spacial score (nSPS) is 25.3. The van der Waals surface area contributed by atoms with Crippen molar-refractivity contribution in [3.63, 3.8) is 0 Å². The maximum Gasteiger partial charge on any atom is 0.287 e. The number of alkyl halides is 6. The molecule has 3 atom stereocenters. The second kappa shape index (κ2) is 8.11. The van der Waals surface area contributed by atoms with Gasteiger partial charge in [0.15, 0.2) is 0 Å². The standard InChI is InChI=1S/C19H17F6N5O2/c20-14(21)12-7-19(32,18(24)25)30(28-12)17(31)10-8-26-29-13(15(22)23)6-11(27-16(10)29)9-4-2-1-3-5-9/h1-5,8,11,13-15,18,27,32H,6-7H2. The molecule has 1 amide bonds. The molecule has 7 nitrogen and oxygen atoms in total. The van der Waals surface area contributed by atoms with Crippen LogP contribution in [0.3, 0.4) is 0 Å². The molecule has 2 aliphatic heterocycles. The number of benzene rings is 1. The quantitative estimate of drug-likeness (QED) is 0.666. The molecular formula is C19H17F6N5O2. The lowest BCUT2D eigenvalue weighted by molar-refractivity contribution is -0.164. The minimum atomic E-state index is -3.61. The zero-order valence-electron chi connectivity index (χ0n) is 16.2. The predicted molar refractivity (Wildman–Crippen MR) is 99.9 cm³/mol. The Morgan fingerprint density at radius 2 is 1.84 bits per heavy atom. The Morgan fingerprint density at radius 3 is 2.44 bits per heavy atom. The van der Waals surface area contributed by atoms with E-state index in [0.717, 1.165) is 10.9 Å². The Morgan fingerprint density at radius 1 is 1.16 bits per heavy atom. The fourth-order valence-electron chi connectivity index (χ4n) is 3.81. The molecule has 0 fully saturated rings. The van der Waals surface area contributed by atoms with E-state index in [4.69, 9.17) is 0 Å². The lowest BCUT2D eigenvalue weighted by Crippen LogP contribution is -2.51. The lowest BCUT2D eigenvalue weighted by atomic mass is 9.97. The Bertz CT molecular complexity index is 1030. The van der Waals surface area contributed by atoms with E-state index in [9.17, 15) is 36.2 Å². The van der Waals surface area contributed by atoms with E-state index >= 15 is 0 Å². The van der Waals surface area contributed by atoms with Gasteiger partial charge in [-0.2, -0.15) is 15.2 Å². The largest absolute Gasteiger partial charge is 0.364 e. The lowest BCUT2D eigenvalue weighted by Gasteiger charge is -2.33. The number of nitrogens with zero attached hydrogens (tertiary/aromatic N) is 4. The first kappa shape index (κ1) is 22.1. The maximum atomic E-state index is 13.7. The molecule has 32 heavy (non-hydrogen) atoms. The molecule has 1 aromatic carbocycles. The number of hydrogen-bond acceptors (Lipinski definition) is 5. The summed E-state index contributed by atoms with van der Waals surface area (Å²) in [6.45, 7) is 0. The van der Waals surface area contributed by atoms with Crippen molar-refractivity contribution >= 4 is 17.4 Å². The first-order valence-electron chi connectivity index (χ1n) is 9.51. The molecule has 3 unspecified atom stereocenters. The Balaban J connectivity index is 1.74. The average molecular weight is 461 g/mol. The molecular weight excluding hydrogens is 444 g/mol. The van der Waals surface area contributed by atoms with Gasteiger partial charge in [0.25, 0.3) is 25.2 Å². The summed E-state index contributed by atoms with van der Waals surface area (Å²) >= 11 is 0. The number of aromatic nitrogens is 2. The third-order valence-corrected chi connectivity index (χ3v) is 5.45. The Hall–Kier alpha value is -3.09. The zero-order valence-corrected chi connectivity index (χ0v) is 16.2. The van der Waals surface area contributed by atoms with E-state index in [1.165, 1.54) is 0 Å². The third-order valence-electron chi connectivity index (χ3n) is 5.45. The topological polar surface area (TPSA) is 82.8 Å². The van der Waals surface area contributed by atoms with Crippen LogP contribution in [0.15, 0.2) is 41.6 Å². The van der Waals surface area contributed by atoms with Crippen molar-refractivity contribution in [2.24, 2.45) is 5.10 Å². The van der Waals surface area contributed by atoms with Crippen LogP contribution in [0.25, 0.3) is 0 Å². The zero-order chi connectivity index (χ0) is 23.2. The first-order chi connectivity index (χ1) is 15.1. The van der Waals surface area contributed by atoms with Crippen molar-refractivity contribution < 1.29 is 36.2 Å². The molecule has 0 radical (unpaired) electrons. The van der Waals surface area contributed by atoms with E-state index in [-0.39, 0.29) is 17.2 Å². The highest BCUT2D eigenvalue weighted by atomic mass is 19.3. The molecule has 3 heterocycles. The number of carbonyl (C=O) groups is 1. The van der Waals surface area contributed by atoms with Crippen LogP contribution in [0.4, 0.5) is 32.2 Å². The van der Waals surface area contributed by atoms with Gasteiger partial charge in [-0.05, 0) is 12.0 Å². The Labute approximate surface area is 177 Å². The average Bonchev–Trinajstić information content (AvgIpc) is 3.35. The van der Waals surface area contributed by atoms with Gasteiger partial charge < -0.3 is 10.4 Å². The maximum absolute atomic E-state index is 13.7. The van der Waals surface area contributed by atoms with Crippen LogP contribution in [0.1, 0.15) is 40.8 Å². The molecule has 0 aliphatic carbocycles. The van der Waals surface area contributed by atoms with Gasteiger partial charge in [-0.3, -0.25) is 4.79 Å². The number of fused-ring (bicyclic) bond motifs is 1. The van der Waals surface area contributed by atoms with Gasteiger partial charge in [0.05, 0.1) is 12.2 Å². The molecule has 172 valence electrons. The van der Waals surface area contributed by atoms with Crippen LogP contribution >= 0.6 is 0 Å². The smallest absolute Gasteiger partial charge is 0.287 e. The third kappa shape index (κ3) is 3.59. The summed E-state index contributed by atoms with van der Waals surface area (Å²) in [5.41, 5.74) is -4.22. The van der Waals surface area contributed by atoms with E-state index in [1.807, 2.05) is 0 Å². The van der Waals surface area contributed by atoms with Crippen LogP contribution in [0.2, 0.25) is 0 Å². The SMILES string of the molecule is O=C(c1cnn2c1NC(c1ccccc1)CC2C(F)F)N1N=C(C(F)F)CC1(O)C(F)F. The van der Waals surface area contributed by atoms with E-state index in [1.54, 1.807) is 30.3 Å². The van der Waals surface area contributed by atoms with Crippen LogP contribution in [-0.4, -0.2) is 56.5 Å². The molecule has 13 heteroatoms. The van der Waals surface area contributed by atoms with Crippen LogP contribution in [0.5, 0.6) is 0 Å². The second-order valence-electron chi connectivity index (χ2n) is 7.46. The van der Waals surface area contributed by atoms with E-state index in [0.29, 0.717) is 5.56 Å². The number of aliphatic hydroxyl groups is 1. The molecule has 0 bridgehead atoms. The van der Waals surface area contributed by atoms with Crippen LogP contribution < -0.4 is 5.32 Å². The summed E-state index contributed by atoms with van der Waals surface area (Å²) in [6.07, 6.45) is -10.2. The molecule has 0 saturated heterocycles. The second-order valence-corrected chi connectivity index (χ2v) is 7.46. The molecule has 2 aromatic rings. The van der Waals surface area contributed by atoms with Gasteiger partial charge in [-0.1, -0.05) is 30.3 Å². The summed E-state index contributed by atoms with van der Waals surface area (Å²) in [5, 5.41) is 20.0. The number of rotatable bonds is 5. The van der Waals surface area contributed by atoms with Gasteiger partial charge in [0.2, 0.25) is 5.72 Å². The van der Waals surface area contributed by atoms with Gasteiger partial charge in [0, 0.05) is 6.42 Å². The van der Waals surface area contributed by atoms with Gasteiger partial charge in [0.1, 0.15) is 23.1 Å². The number of nitrogens with one attached hydrogen (secondary N) is 1. The van der Waals surface area contributed by atoms with Gasteiger partial charge in [-0.15, -0.1) is 0 Å². The molecule has 4 rings (SSSR count). The molecule has 0 saturated carbocycles. The summed E-state index contributed by atoms with van der Waals surface area (Å²) in [5.74, 6) is -1.59. The highest BCUT2D eigenvalue weighted by Gasteiger charge is 2.54. The number of carbonyl (C=O) groups excluding carboxylic acids is 1. The number of hydrazone groups is 1. The number of halogens is 6. The van der Waals surface area contributed by atoms with Crippen molar-refractivity contribution in [3.8, 4) is 0 Å². The van der Waals surface area contributed by atoms with E-state index < -0.39 is 60.7 Å². The highest BCUT2D eigenvalue weighted by molar-refractivity contribution is 6.02. The van der Waals surface area contributed by atoms with Crippen LogP contribution in [-0.2, 0) is 0 Å².